The number of carbonyl (C=O) groups excluding carboxylic acids is 1. The molecule has 4 heteroatoms. The van der Waals surface area contributed by atoms with Crippen LogP contribution in [0.25, 0.3) is 0 Å². The predicted octanol–water partition coefficient (Wildman–Crippen LogP) is 4.49. The number of ether oxygens (including phenoxy) is 2. The Morgan fingerprint density at radius 3 is 2.73 bits per heavy atom. The molecule has 1 spiro atoms. The number of anilines is 1. The summed E-state index contributed by atoms with van der Waals surface area (Å²) in [5, 5.41) is 2.97. The Kier molecular flexibility index (Phi) is 4.27. The fourth-order valence-electron chi connectivity index (χ4n) is 3.41. The zero-order valence-corrected chi connectivity index (χ0v) is 13.5. The summed E-state index contributed by atoms with van der Waals surface area (Å²) in [4.78, 5) is 12.1. The molecule has 3 rings (SSSR count). The zero-order chi connectivity index (χ0) is 15.6. The van der Waals surface area contributed by atoms with Gasteiger partial charge in [0, 0.05) is 31.0 Å². The number of benzene rings is 1. The van der Waals surface area contributed by atoms with E-state index < -0.39 is 5.79 Å². The second-order valence-electron chi connectivity index (χ2n) is 6.63. The standard InChI is InChI=1S/C18H25NO3/c1-3-6-13(2)11-17(20)19-14-7-8-15-16(12-14)22-18(21-15)9-4-5-10-18/h7-8,12-13H,3-6,9-11H2,1-2H3,(H,19,20). The Hall–Kier alpha value is -1.71. The highest BCUT2D eigenvalue weighted by Gasteiger charge is 2.44. The molecule has 1 aromatic rings. The molecule has 120 valence electrons. The number of hydrogen-bond donors (Lipinski definition) is 1. The Bertz CT molecular complexity index is 549. The van der Waals surface area contributed by atoms with Gasteiger partial charge in [0.25, 0.3) is 5.79 Å². The van der Waals surface area contributed by atoms with Crippen molar-refractivity contribution >= 4 is 11.6 Å². The van der Waals surface area contributed by atoms with Crippen LogP contribution < -0.4 is 14.8 Å². The van der Waals surface area contributed by atoms with Crippen LogP contribution in [0.3, 0.4) is 0 Å². The molecule has 1 fully saturated rings. The molecule has 0 saturated heterocycles. The first-order chi connectivity index (χ1) is 10.6. The molecule has 1 aliphatic carbocycles. The summed E-state index contributed by atoms with van der Waals surface area (Å²) in [7, 11) is 0. The van der Waals surface area contributed by atoms with Gasteiger partial charge >= 0.3 is 0 Å². The van der Waals surface area contributed by atoms with Crippen LogP contribution in [0.15, 0.2) is 18.2 Å². The molecule has 2 aliphatic rings. The highest BCUT2D eigenvalue weighted by molar-refractivity contribution is 5.91. The molecule has 0 aromatic heterocycles. The maximum atomic E-state index is 12.1. The fraction of sp³-hybridized carbons (Fsp3) is 0.611. The Morgan fingerprint density at radius 1 is 1.27 bits per heavy atom. The highest BCUT2D eigenvalue weighted by Crippen LogP contribution is 2.47. The largest absolute Gasteiger partial charge is 0.448 e. The summed E-state index contributed by atoms with van der Waals surface area (Å²) in [5.41, 5.74) is 0.783. The topological polar surface area (TPSA) is 47.6 Å². The maximum absolute atomic E-state index is 12.1. The van der Waals surface area contributed by atoms with Gasteiger partial charge < -0.3 is 14.8 Å². The summed E-state index contributed by atoms with van der Waals surface area (Å²) in [6.07, 6.45) is 6.93. The normalized spacial score (nSPS) is 19.4. The van der Waals surface area contributed by atoms with Crippen molar-refractivity contribution in [3.63, 3.8) is 0 Å². The van der Waals surface area contributed by atoms with Gasteiger partial charge in [-0.1, -0.05) is 26.7 Å². The van der Waals surface area contributed by atoms with E-state index in [1.54, 1.807) is 0 Å². The smallest absolute Gasteiger partial charge is 0.251 e. The summed E-state index contributed by atoms with van der Waals surface area (Å²) >= 11 is 0. The Morgan fingerprint density at radius 2 is 2.00 bits per heavy atom. The van der Waals surface area contributed by atoms with Crippen LogP contribution in [0.2, 0.25) is 0 Å². The quantitative estimate of drug-likeness (QED) is 0.871. The van der Waals surface area contributed by atoms with Crippen molar-refractivity contribution in [1.82, 2.24) is 0 Å². The third-order valence-corrected chi connectivity index (χ3v) is 4.50. The number of amides is 1. The molecule has 1 heterocycles. The van der Waals surface area contributed by atoms with Crippen LogP contribution in [0.4, 0.5) is 5.69 Å². The number of carbonyl (C=O) groups is 1. The first-order valence-electron chi connectivity index (χ1n) is 8.42. The van der Waals surface area contributed by atoms with Crippen molar-refractivity contribution in [2.75, 3.05) is 5.32 Å². The zero-order valence-electron chi connectivity index (χ0n) is 13.5. The van der Waals surface area contributed by atoms with Crippen molar-refractivity contribution in [2.45, 2.75) is 64.6 Å². The molecule has 1 aromatic carbocycles. The SMILES string of the molecule is CCCC(C)CC(=O)Nc1ccc2c(c1)OC1(CCCC1)O2. The maximum Gasteiger partial charge on any atom is 0.251 e. The summed E-state index contributed by atoms with van der Waals surface area (Å²) in [5.74, 6) is 1.58. The monoisotopic (exact) mass is 303 g/mol. The van der Waals surface area contributed by atoms with Crippen LogP contribution in [0.5, 0.6) is 11.5 Å². The molecule has 1 N–H and O–H groups in total. The molecular weight excluding hydrogens is 278 g/mol. The number of nitrogens with one attached hydrogen (secondary N) is 1. The molecule has 0 bridgehead atoms. The molecular formula is C18H25NO3. The lowest BCUT2D eigenvalue weighted by Crippen LogP contribution is -2.34. The molecule has 22 heavy (non-hydrogen) atoms. The minimum absolute atomic E-state index is 0.0652. The average molecular weight is 303 g/mol. The summed E-state index contributed by atoms with van der Waals surface area (Å²) < 4.78 is 12.0. The van der Waals surface area contributed by atoms with E-state index in [0.717, 1.165) is 55.7 Å². The third kappa shape index (κ3) is 3.21. The van der Waals surface area contributed by atoms with Crippen LogP contribution in [-0.2, 0) is 4.79 Å². The number of rotatable bonds is 5. The third-order valence-electron chi connectivity index (χ3n) is 4.50. The molecule has 0 radical (unpaired) electrons. The molecule has 1 aliphatic heterocycles. The summed E-state index contributed by atoms with van der Waals surface area (Å²) in [6, 6.07) is 5.66. The van der Waals surface area contributed by atoms with Gasteiger partial charge in [-0.15, -0.1) is 0 Å². The lowest BCUT2D eigenvalue weighted by molar-refractivity contribution is -0.117. The molecule has 1 unspecified atom stereocenters. The fourth-order valence-corrected chi connectivity index (χ4v) is 3.41. The van der Waals surface area contributed by atoms with Gasteiger partial charge in [-0.25, -0.2) is 0 Å². The van der Waals surface area contributed by atoms with Gasteiger partial charge in [-0.05, 0) is 30.9 Å². The second-order valence-corrected chi connectivity index (χ2v) is 6.63. The minimum atomic E-state index is -0.444. The van der Waals surface area contributed by atoms with E-state index >= 15 is 0 Å². The second kappa shape index (κ2) is 6.19. The van der Waals surface area contributed by atoms with Crippen LogP contribution >= 0.6 is 0 Å². The van der Waals surface area contributed by atoms with Gasteiger partial charge in [0.1, 0.15) is 0 Å². The van der Waals surface area contributed by atoms with Crippen molar-refractivity contribution < 1.29 is 14.3 Å². The van der Waals surface area contributed by atoms with Gasteiger partial charge in [0.2, 0.25) is 5.91 Å². The van der Waals surface area contributed by atoms with E-state index in [2.05, 4.69) is 19.2 Å². The van der Waals surface area contributed by atoms with Crippen molar-refractivity contribution in [2.24, 2.45) is 5.92 Å². The first-order valence-corrected chi connectivity index (χ1v) is 8.42. The van der Waals surface area contributed by atoms with E-state index in [-0.39, 0.29) is 5.91 Å². The molecule has 1 atom stereocenters. The molecule has 4 nitrogen and oxygen atoms in total. The van der Waals surface area contributed by atoms with Crippen molar-refractivity contribution in [3.8, 4) is 11.5 Å². The lowest BCUT2D eigenvalue weighted by Gasteiger charge is -2.21. The van der Waals surface area contributed by atoms with E-state index in [0.29, 0.717) is 12.3 Å². The van der Waals surface area contributed by atoms with Gasteiger partial charge in [0.05, 0.1) is 0 Å². The van der Waals surface area contributed by atoms with Crippen molar-refractivity contribution in [3.05, 3.63) is 18.2 Å². The number of hydrogen-bond acceptors (Lipinski definition) is 3. The van der Waals surface area contributed by atoms with E-state index in [1.165, 1.54) is 0 Å². The van der Waals surface area contributed by atoms with E-state index in [4.69, 9.17) is 9.47 Å². The Balaban J connectivity index is 1.62. The van der Waals surface area contributed by atoms with Crippen molar-refractivity contribution in [1.29, 1.82) is 0 Å². The Labute approximate surface area is 132 Å². The first kappa shape index (κ1) is 15.2. The van der Waals surface area contributed by atoms with Crippen LogP contribution in [0, 0.1) is 5.92 Å². The van der Waals surface area contributed by atoms with Crippen LogP contribution in [-0.4, -0.2) is 11.7 Å². The average Bonchev–Trinajstić information content (AvgIpc) is 3.05. The molecule has 1 amide bonds. The number of fused-ring (bicyclic) bond motifs is 1. The van der Waals surface area contributed by atoms with Gasteiger partial charge in [-0.2, -0.15) is 0 Å². The highest BCUT2D eigenvalue weighted by atomic mass is 16.7. The summed E-state index contributed by atoms with van der Waals surface area (Å²) in [6.45, 7) is 4.26. The van der Waals surface area contributed by atoms with Gasteiger partial charge in [0.15, 0.2) is 11.5 Å². The minimum Gasteiger partial charge on any atom is -0.448 e. The van der Waals surface area contributed by atoms with Crippen LogP contribution in [0.1, 0.15) is 58.8 Å². The van der Waals surface area contributed by atoms with E-state index in [9.17, 15) is 4.79 Å². The molecule has 1 saturated carbocycles. The van der Waals surface area contributed by atoms with Gasteiger partial charge in [-0.3, -0.25) is 4.79 Å². The lowest BCUT2D eigenvalue weighted by atomic mass is 10.0. The van der Waals surface area contributed by atoms with E-state index in [1.807, 2.05) is 18.2 Å². The predicted molar refractivity (Wildman–Crippen MR) is 86.2 cm³/mol.